The molecule has 0 bridgehead atoms. The second-order valence-electron chi connectivity index (χ2n) is 5.75. The Morgan fingerprint density at radius 2 is 1.69 bits per heavy atom. The standard InChI is InChI=1S/C13H22N2O/c1-13(2,3)15-8-6-14(7-9-15)11-4-5-12(16)10-11/h10H,4-9H2,1-3H3. The van der Waals surface area contributed by atoms with Crippen molar-refractivity contribution in [2.45, 2.75) is 39.2 Å². The minimum atomic E-state index is 0.270. The first-order chi connectivity index (χ1) is 7.47. The highest BCUT2D eigenvalue weighted by Gasteiger charge is 2.27. The van der Waals surface area contributed by atoms with Gasteiger partial charge < -0.3 is 4.90 Å². The van der Waals surface area contributed by atoms with Gasteiger partial charge in [0.2, 0.25) is 0 Å². The number of hydrogen-bond donors (Lipinski definition) is 0. The number of ketones is 1. The third-order valence-corrected chi connectivity index (χ3v) is 3.59. The fourth-order valence-corrected chi connectivity index (χ4v) is 2.50. The summed E-state index contributed by atoms with van der Waals surface area (Å²) in [5.41, 5.74) is 1.53. The quantitative estimate of drug-likeness (QED) is 0.674. The van der Waals surface area contributed by atoms with Crippen LogP contribution in [0.1, 0.15) is 33.6 Å². The van der Waals surface area contributed by atoms with Crippen LogP contribution in [0.2, 0.25) is 0 Å². The van der Waals surface area contributed by atoms with E-state index in [0.29, 0.717) is 5.78 Å². The molecule has 1 heterocycles. The third-order valence-electron chi connectivity index (χ3n) is 3.59. The lowest BCUT2D eigenvalue weighted by Crippen LogP contribution is -2.52. The molecule has 1 fully saturated rings. The van der Waals surface area contributed by atoms with Crippen molar-refractivity contribution in [3.8, 4) is 0 Å². The molecule has 0 saturated carbocycles. The van der Waals surface area contributed by atoms with Gasteiger partial charge in [0.15, 0.2) is 5.78 Å². The molecule has 90 valence electrons. The molecular weight excluding hydrogens is 200 g/mol. The molecular formula is C13H22N2O. The molecule has 3 nitrogen and oxygen atoms in total. The summed E-state index contributed by atoms with van der Waals surface area (Å²) in [6, 6.07) is 0. The van der Waals surface area contributed by atoms with Crippen molar-refractivity contribution < 1.29 is 4.79 Å². The maximum atomic E-state index is 11.2. The molecule has 0 unspecified atom stereocenters. The SMILES string of the molecule is CC(C)(C)N1CCN(C2=CC(=O)CC2)CC1. The van der Waals surface area contributed by atoms with Crippen molar-refractivity contribution in [2.24, 2.45) is 0 Å². The van der Waals surface area contributed by atoms with Gasteiger partial charge in [-0.15, -0.1) is 0 Å². The molecule has 1 aliphatic heterocycles. The molecule has 2 rings (SSSR count). The molecule has 0 amide bonds. The Balaban J connectivity index is 1.91. The number of hydrogen-bond acceptors (Lipinski definition) is 3. The van der Waals surface area contributed by atoms with Crippen molar-refractivity contribution in [2.75, 3.05) is 26.2 Å². The number of allylic oxidation sites excluding steroid dienone is 2. The number of piperazine rings is 1. The Morgan fingerprint density at radius 3 is 2.12 bits per heavy atom. The molecule has 1 saturated heterocycles. The molecule has 0 atom stereocenters. The van der Waals surface area contributed by atoms with E-state index in [1.807, 2.05) is 6.08 Å². The van der Waals surface area contributed by atoms with Crippen LogP contribution < -0.4 is 0 Å². The van der Waals surface area contributed by atoms with Gasteiger partial charge in [0.25, 0.3) is 0 Å². The lowest BCUT2D eigenvalue weighted by Gasteiger charge is -2.43. The summed E-state index contributed by atoms with van der Waals surface area (Å²) in [7, 11) is 0. The Kier molecular flexibility index (Phi) is 3.06. The highest BCUT2D eigenvalue weighted by atomic mass is 16.1. The average molecular weight is 222 g/mol. The normalized spacial score (nSPS) is 23.8. The zero-order chi connectivity index (χ0) is 11.8. The Labute approximate surface area is 98.1 Å². The van der Waals surface area contributed by atoms with Crippen molar-refractivity contribution >= 4 is 5.78 Å². The maximum Gasteiger partial charge on any atom is 0.157 e. The van der Waals surface area contributed by atoms with Gasteiger partial charge in [-0.2, -0.15) is 0 Å². The van der Waals surface area contributed by atoms with Crippen LogP contribution in [0, 0.1) is 0 Å². The minimum absolute atomic E-state index is 0.270. The van der Waals surface area contributed by atoms with Crippen molar-refractivity contribution in [1.82, 2.24) is 9.80 Å². The van der Waals surface area contributed by atoms with Crippen molar-refractivity contribution in [3.05, 3.63) is 11.8 Å². The Hall–Kier alpha value is -0.830. The van der Waals surface area contributed by atoms with Gasteiger partial charge in [0, 0.05) is 49.9 Å². The summed E-state index contributed by atoms with van der Waals surface area (Å²) in [4.78, 5) is 16.1. The van der Waals surface area contributed by atoms with Crippen molar-refractivity contribution in [3.63, 3.8) is 0 Å². The first-order valence-corrected chi connectivity index (χ1v) is 6.20. The summed E-state index contributed by atoms with van der Waals surface area (Å²) in [5, 5.41) is 0. The molecule has 0 radical (unpaired) electrons. The predicted octanol–water partition coefficient (Wildman–Crippen LogP) is 1.65. The monoisotopic (exact) mass is 222 g/mol. The minimum Gasteiger partial charge on any atom is -0.372 e. The Morgan fingerprint density at radius 1 is 1.06 bits per heavy atom. The van der Waals surface area contributed by atoms with Crippen LogP contribution in [0.3, 0.4) is 0 Å². The first kappa shape index (κ1) is 11.6. The largest absolute Gasteiger partial charge is 0.372 e. The van der Waals surface area contributed by atoms with Crippen LogP contribution >= 0.6 is 0 Å². The highest BCUT2D eigenvalue weighted by Crippen LogP contribution is 2.23. The van der Waals surface area contributed by atoms with E-state index in [1.54, 1.807) is 0 Å². The summed E-state index contributed by atoms with van der Waals surface area (Å²) in [5.74, 6) is 0.299. The van der Waals surface area contributed by atoms with Gasteiger partial charge in [-0.1, -0.05) is 0 Å². The molecule has 3 heteroatoms. The molecule has 0 aromatic carbocycles. The van der Waals surface area contributed by atoms with E-state index in [4.69, 9.17) is 0 Å². The molecule has 1 aliphatic carbocycles. The molecule has 0 N–H and O–H groups in total. The fraction of sp³-hybridized carbons (Fsp3) is 0.769. The molecule has 2 aliphatic rings. The van der Waals surface area contributed by atoms with E-state index >= 15 is 0 Å². The number of nitrogens with zero attached hydrogens (tertiary/aromatic N) is 2. The fourth-order valence-electron chi connectivity index (χ4n) is 2.50. The molecule has 0 aromatic heterocycles. The first-order valence-electron chi connectivity index (χ1n) is 6.20. The third kappa shape index (κ3) is 2.46. The van der Waals surface area contributed by atoms with Crippen LogP contribution in [-0.4, -0.2) is 47.3 Å². The second kappa shape index (κ2) is 4.21. The number of carbonyl (C=O) groups is 1. The lowest BCUT2D eigenvalue weighted by molar-refractivity contribution is -0.114. The van der Waals surface area contributed by atoms with E-state index in [1.165, 1.54) is 5.70 Å². The van der Waals surface area contributed by atoms with Crippen LogP contribution in [0.4, 0.5) is 0 Å². The van der Waals surface area contributed by atoms with Gasteiger partial charge >= 0.3 is 0 Å². The maximum absolute atomic E-state index is 11.2. The predicted molar refractivity (Wildman–Crippen MR) is 65.2 cm³/mol. The van der Waals surface area contributed by atoms with Crippen LogP contribution in [0.25, 0.3) is 0 Å². The van der Waals surface area contributed by atoms with Gasteiger partial charge in [0.05, 0.1) is 0 Å². The summed E-state index contributed by atoms with van der Waals surface area (Å²) in [6.45, 7) is 11.1. The van der Waals surface area contributed by atoms with E-state index in [9.17, 15) is 4.79 Å². The summed E-state index contributed by atoms with van der Waals surface area (Å²) in [6.07, 6.45) is 3.51. The molecule has 0 aromatic rings. The van der Waals surface area contributed by atoms with E-state index < -0.39 is 0 Å². The van der Waals surface area contributed by atoms with E-state index in [2.05, 4.69) is 30.6 Å². The van der Waals surface area contributed by atoms with Crippen LogP contribution in [0.15, 0.2) is 11.8 Å². The smallest absolute Gasteiger partial charge is 0.157 e. The van der Waals surface area contributed by atoms with Gasteiger partial charge in [-0.05, 0) is 27.2 Å². The van der Waals surface area contributed by atoms with Gasteiger partial charge in [0.1, 0.15) is 0 Å². The van der Waals surface area contributed by atoms with E-state index in [-0.39, 0.29) is 5.54 Å². The highest BCUT2D eigenvalue weighted by molar-refractivity contribution is 5.92. The molecule has 16 heavy (non-hydrogen) atoms. The summed E-state index contributed by atoms with van der Waals surface area (Å²) >= 11 is 0. The number of rotatable bonds is 1. The molecule has 0 spiro atoms. The summed E-state index contributed by atoms with van der Waals surface area (Å²) < 4.78 is 0. The zero-order valence-electron chi connectivity index (χ0n) is 10.6. The average Bonchev–Trinajstić information content (AvgIpc) is 2.64. The van der Waals surface area contributed by atoms with E-state index in [0.717, 1.165) is 39.0 Å². The van der Waals surface area contributed by atoms with Gasteiger partial charge in [-0.3, -0.25) is 9.69 Å². The number of carbonyl (C=O) groups excluding carboxylic acids is 1. The lowest BCUT2D eigenvalue weighted by atomic mass is 10.0. The van der Waals surface area contributed by atoms with Gasteiger partial charge in [-0.25, -0.2) is 0 Å². The van der Waals surface area contributed by atoms with Crippen LogP contribution in [0.5, 0.6) is 0 Å². The zero-order valence-corrected chi connectivity index (χ0v) is 10.6. The topological polar surface area (TPSA) is 23.6 Å². The van der Waals surface area contributed by atoms with Crippen LogP contribution in [-0.2, 0) is 4.79 Å². The Bertz CT molecular complexity index is 306. The second-order valence-corrected chi connectivity index (χ2v) is 5.75. The van der Waals surface area contributed by atoms with Crippen molar-refractivity contribution in [1.29, 1.82) is 0 Å².